The summed E-state index contributed by atoms with van der Waals surface area (Å²) in [7, 11) is 0. The molecule has 1 heterocycles. The Bertz CT molecular complexity index is 877. The second kappa shape index (κ2) is 5.51. The van der Waals surface area contributed by atoms with Crippen LogP contribution in [0.15, 0.2) is 59.5 Å². The van der Waals surface area contributed by atoms with E-state index in [0.717, 1.165) is 5.56 Å². The first-order chi connectivity index (χ1) is 10.3. The number of ether oxygens (including phenoxy) is 1. The molecule has 4 heteroatoms. The Morgan fingerprint density at radius 1 is 1.14 bits per heavy atom. The van der Waals surface area contributed by atoms with Crippen LogP contribution in [0.1, 0.15) is 11.1 Å². The lowest BCUT2D eigenvalue weighted by Gasteiger charge is -2.09. The van der Waals surface area contributed by atoms with E-state index in [0.29, 0.717) is 28.8 Å². The smallest absolute Gasteiger partial charge is 0.189 e. The summed E-state index contributed by atoms with van der Waals surface area (Å²) < 4.78 is 5.72. The van der Waals surface area contributed by atoms with Crippen molar-refractivity contribution in [3.8, 4) is 11.8 Å². The predicted octanol–water partition coefficient (Wildman–Crippen LogP) is 2.98. The van der Waals surface area contributed by atoms with E-state index >= 15 is 0 Å². The molecule has 0 saturated heterocycles. The Hall–Kier alpha value is -3.06. The zero-order chi connectivity index (χ0) is 14.7. The zero-order valence-electron chi connectivity index (χ0n) is 11.2. The van der Waals surface area contributed by atoms with Gasteiger partial charge in [0.25, 0.3) is 0 Å². The third kappa shape index (κ3) is 2.63. The molecule has 102 valence electrons. The predicted molar refractivity (Wildman–Crippen MR) is 80.1 cm³/mol. The van der Waals surface area contributed by atoms with Crippen molar-refractivity contribution in [3.63, 3.8) is 0 Å². The van der Waals surface area contributed by atoms with Crippen LogP contribution in [0.5, 0.6) is 5.75 Å². The number of aromatic amines is 1. The van der Waals surface area contributed by atoms with Gasteiger partial charge < -0.3 is 9.72 Å². The molecule has 0 aliphatic heterocycles. The van der Waals surface area contributed by atoms with Crippen LogP contribution in [0.3, 0.4) is 0 Å². The maximum Gasteiger partial charge on any atom is 0.189 e. The topological polar surface area (TPSA) is 65.9 Å². The van der Waals surface area contributed by atoms with Crippen molar-refractivity contribution in [3.05, 3.63) is 76.1 Å². The molecule has 1 N–H and O–H groups in total. The first-order valence-electron chi connectivity index (χ1n) is 6.50. The minimum Gasteiger partial charge on any atom is -0.487 e. The molecule has 0 aliphatic rings. The van der Waals surface area contributed by atoms with E-state index in [9.17, 15) is 10.1 Å². The number of hydrogen-bond donors (Lipinski definition) is 1. The molecule has 4 nitrogen and oxygen atoms in total. The van der Waals surface area contributed by atoms with Crippen LogP contribution in [0.2, 0.25) is 0 Å². The number of fused-ring (bicyclic) bond motifs is 1. The van der Waals surface area contributed by atoms with Gasteiger partial charge in [-0.25, -0.2) is 0 Å². The fraction of sp³-hybridized carbons (Fsp3) is 0.0588. The average Bonchev–Trinajstić information content (AvgIpc) is 2.53. The highest BCUT2D eigenvalue weighted by Gasteiger charge is 2.08. The van der Waals surface area contributed by atoms with Crippen LogP contribution in [-0.4, -0.2) is 4.98 Å². The highest BCUT2D eigenvalue weighted by atomic mass is 16.5. The first-order valence-corrected chi connectivity index (χ1v) is 6.50. The van der Waals surface area contributed by atoms with E-state index in [1.165, 1.54) is 6.07 Å². The maximum absolute atomic E-state index is 11.8. The van der Waals surface area contributed by atoms with Crippen molar-refractivity contribution >= 4 is 10.9 Å². The van der Waals surface area contributed by atoms with E-state index in [2.05, 4.69) is 11.1 Å². The van der Waals surface area contributed by atoms with Gasteiger partial charge in [-0.05, 0) is 11.6 Å². The van der Waals surface area contributed by atoms with Crippen LogP contribution in [-0.2, 0) is 6.61 Å². The molecule has 1 aromatic heterocycles. The molecule has 21 heavy (non-hydrogen) atoms. The van der Waals surface area contributed by atoms with E-state index in [-0.39, 0.29) is 5.43 Å². The first kappa shape index (κ1) is 12.9. The number of hydrogen-bond acceptors (Lipinski definition) is 3. The molecule has 0 saturated carbocycles. The Labute approximate surface area is 121 Å². The highest BCUT2D eigenvalue weighted by Crippen LogP contribution is 2.23. The molecule has 0 spiro atoms. The summed E-state index contributed by atoms with van der Waals surface area (Å²) in [4.78, 5) is 14.8. The minimum atomic E-state index is -0.116. The van der Waals surface area contributed by atoms with Gasteiger partial charge in [0.05, 0.1) is 11.1 Å². The van der Waals surface area contributed by atoms with Gasteiger partial charge in [0, 0.05) is 23.7 Å². The normalized spacial score (nSPS) is 10.2. The van der Waals surface area contributed by atoms with E-state index in [4.69, 9.17) is 4.74 Å². The number of pyridine rings is 1. The largest absolute Gasteiger partial charge is 0.487 e. The Kier molecular flexibility index (Phi) is 3.40. The van der Waals surface area contributed by atoms with E-state index < -0.39 is 0 Å². The SMILES string of the molecule is N#Cc1cc2c(=O)cc[nH]c2cc1OCc1ccccc1. The number of nitriles is 1. The number of rotatable bonds is 3. The number of H-pyrrole nitrogens is 1. The maximum atomic E-state index is 11.8. The standard InChI is InChI=1S/C17H12N2O2/c18-10-13-8-14-15(19-7-6-16(14)20)9-17(13)21-11-12-4-2-1-3-5-12/h1-9H,11H2,(H,19,20). The van der Waals surface area contributed by atoms with Gasteiger partial charge in [0.1, 0.15) is 18.4 Å². The molecular weight excluding hydrogens is 264 g/mol. The number of nitrogens with zero attached hydrogens (tertiary/aromatic N) is 1. The molecule has 0 amide bonds. The fourth-order valence-corrected chi connectivity index (χ4v) is 2.14. The van der Waals surface area contributed by atoms with Crippen molar-refractivity contribution in [2.24, 2.45) is 0 Å². The zero-order valence-corrected chi connectivity index (χ0v) is 11.2. The van der Waals surface area contributed by atoms with Gasteiger partial charge in [-0.1, -0.05) is 30.3 Å². The molecule has 0 bridgehead atoms. The monoisotopic (exact) mass is 276 g/mol. The van der Waals surface area contributed by atoms with Crippen LogP contribution in [0, 0.1) is 11.3 Å². The summed E-state index contributed by atoms with van der Waals surface area (Å²) in [6.07, 6.45) is 1.58. The van der Waals surface area contributed by atoms with Gasteiger partial charge >= 0.3 is 0 Å². The van der Waals surface area contributed by atoms with Crippen LogP contribution >= 0.6 is 0 Å². The van der Waals surface area contributed by atoms with Gasteiger partial charge in [0.15, 0.2) is 5.43 Å². The number of nitrogens with one attached hydrogen (secondary N) is 1. The lowest BCUT2D eigenvalue weighted by atomic mass is 10.1. The van der Waals surface area contributed by atoms with Gasteiger partial charge in [0.2, 0.25) is 0 Å². The number of benzene rings is 2. The van der Waals surface area contributed by atoms with E-state index in [1.807, 2.05) is 30.3 Å². The Morgan fingerprint density at radius 3 is 2.71 bits per heavy atom. The summed E-state index contributed by atoms with van der Waals surface area (Å²) in [5, 5.41) is 9.71. The summed E-state index contributed by atoms with van der Waals surface area (Å²) in [6, 6.07) is 16.5. The lowest BCUT2D eigenvalue weighted by Crippen LogP contribution is -2.03. The molecule has 0 radical (unpaired) electrons. The Balaban J connectivity index is 1.98. The highest BCUT2D eigenvalue weighted by molar-refractivity contribution is 5.82. The van der Waals surface area contributed by atoms with Crippen molar-refractivity contribution in [1.82, 2.24) is 4.98 Å². The molecule has 0 aliphatic carbocycles. The van der Waals surface area contributed by atoms with Crippen LogP contribution < -0.4 is 10.2 Å². The van der Waals surface area contributed by atoms with Gasteiger partial charge in [-0.3, -0.25) is 4.79 Å². The second-order valence-corrected chi connectivity index (χ2v) is 4.62. The minimum absolute atomic E-state index is 0.116. The molecule has 0 unspecified atom stereocenters. The van der Waals surface area contributed by atoms with Gasteiger partial charge in [-0.2, -0.15) is 5.26 Å². The Morgan fingerprint density at radius 2 is 1.95 bits per heavy atom. The second-order valence-electron chi connectivity index (χ2n) is 4.62. The molecule has 0 atom stereocenters. The summed E-state index contributed by atoms with van der Waals surface area (Å²) in [6.45, 7) is 0.373. The van der Waals surface area contributed by atoms with Crippen molar-refractivity contribution < 1.29 is 4.74 Å². The quantitative estimate of drug-likeness (QED) is 0.799. The number of aromatic nitrogens is 1. The van der Waals surface area contributed by atoms with Crippen molar-refractivity contribution in [2.75, 3.05) is 0 Å². The van der Waals surface area contributed by atoms with Crippen molar-refractivity contribution in [2.45, 2.75) is 6.61 Å². The average molecular weight is 276 g/mol. The van der Waals surface area contributed by atoms with Crippen LogP contribution in [0.4, 0.5) is 0 Å². The summed E-state index contributed by atoms with van der Waals surface area (Å²) in [5.41, 5.74) is 1.91. The lowest BCUT2D eigenvalue weighted by molar-refractivity contribution is 0.305. The molecular formula is C17H12N2O2. The molecule has 3 rings (SSSR count). The summed E-state index contributed by atoms with van der Waals surface area (Å²) in [5.74, 6) is 0.468. The van der Waals surface area contributed by atoms with Crippen molar-refractivity contribution in [1.29, 1.82) is 5.26 Å². The molecule has 2 aromatic carbocycles. The van der Waals surface area contributed by atoms with Crippen LogP contribution in [0.25, 0.3) is 10.9 Å². The molecule has 0 fully saturated rings. The fourth-order valence-electron chi connectivity index (χ4n) is 2.14. The summed E-state index contributed by atoms with van der Waals surface area (Å²) >= 11 is 0. The third-order valence-electron chi connectivity index (χ3n) is 3.22. The third-order valence-corrected chi connectivity index (χ3v) is 3.22. The van der Waals surface area contributed by atoms with Gasteiger partial charge in [-0.15, -0.1) is 0 Å². The van der Waals surface area contributed by atoms with E-state index in [1.54, 1.807) is 18.3 Å². The molecule has 3 aromatic rings.